The maximum absolute atomic E-state index is 5.69. The maximum atomic E-state index is 5.69. The molecule has 0 aromatic heterocycles. The van der Waals surface area contributed by atoms with E-state index < -0.39 is 0 Å². The zero-order valence-electron chi connectivity index (χ0n) is 13.2. The Morgan fingerprint density at radius 3 is 1.62 bits per heavy atom. The number of benzene rings is 2. The van der Waals surface area contributed by atoms with Gasteiger partial charge in [-0.2, -0.15) is 30.3 Å². The molecule has 2 N–H and O–H groups in total. The third-order valence-corrected chi connectivity index (χ3v) is 3.68. The largest absolute Gasteiger partial charge is 2.00 e. The van der Waals surface area contributed by atoms with Crippen LogP contribution >= 0.6 is 0 Å². The van der Waals surface area contributed by atoms with Crippen LogP contribution in [0.15, 0.2) is 103 Å². The first-order chi connectivity index (χ1) is 11.3. The van der Waals surface area contributed by atoms with Crippen molar-refractivity contribution >= 4 is 5.69 Å². The van der Waals surface area contributed by atoms with Gasteiger partial charge in [0.05, 0.1) is 0 Å². The predicted octanol–water partition coefficient (Wildman–Crippen LogP) is 5.72. The minimum absolute atomic E-state index is 0. The molecule has 4 rings (SSSR count). The van der Waals surface area contributed by atoms with Crippen LogP contribution < -0.4 is 5.73 Å². The molecule has 0 aliphatic rings. The average molecular weight is 353 g/mol. The fraction of sp³-hybridized carbons (Fsp3) is 0. The summed E-state index contributed by atoms with van der Waals surface area (Å²) < 4.78 is 0. The molecule has 4 aromatic rings. The number of nitrogen functional groups attached to an aromatic ring is 1. The second-order valence-electron chi connectivity index (χ2n) is 5.34. The Kier molecular flexibility index (Phi) is 6.62. The third kappa shape index (κ3) is 4.73. The quantitative estimate of drug-likeness (QED) is 0.278. The average Bonchev–Trinajstić information content (AvgIpc) is 3.32. The Morgan fingerprint density at radius 2 is 1.17 bits per heavy atom. The molecule has 1 nitrogen and oxygen atoms in total. The molecule has 0 spiro atoms. The van der Waals surface area contributed by atoms with Gasteiger partial charge in [0.15, 0.2) is 0 Å². The molecule has 120 valence electrons. The van der Waals surface area contributed by atoms with Gasteiger partial charge in [-0.3, -0.25) is 0 Å². The van der Waals surface area contributed by atoms with Gasteiger partial charge < -0.3 is 5.73 Å². The van der Waals surface area contributed by atoms with Crippen molar-refractivity contribution in [2.75, 3.05) is 5.73 Å². The molecule has 0 aliphatic carbocycles. The first-order valence-electron chi connectivity index (χ1n) is 7.68. The number of anilines is 1. The van der Waals surface area contributed by atoms with E-state index in [2.05, 4.69) is 48.5 Å². The number of hydrogen-bond donors (Lipinski definition) is 1. The molecule has 2 heteroatoms. The first-order valence-corrected chi connectivity index (χ1v) is 7.68. The molecule has 0 heterocycles. The fourth-order valence-corrected chi connectivity index (χ4v) is 2.42. The predicted molar refractivity (Wildman–Crippen MR) is 99.4 cm³/mol. The van der Waals surface area contributed by atoms with E-state index in [1.165, 1.54) is 22.3 Å². The maximum Gasteiger partial charge on any atom is 2.00 e. The van der Waals surface area contributed by atoms with Crippen LogP contribution in [0, 0.1) is 0 Å². The van der Waals surface area contributed by atoms with Gasteiger partial charge in [0.25, 0.3) is 0 Å². The smallest absolute Gasteiger partial charge is 0.399 e. The van der Waals surface area contributed by atoms with Crippen LogP contribution in [-0.2, 0) is 17.1 Å². The minimum atomic E-state index is 0. The van der Waals surface area contributed by atoms with E-state index in [1.54, 1.807) is 0 Å². The first kappa shape index (κ1) is 17.8. The third-order valence-electron chi connectivity index (χ3n) is 3.68. The van der Waals surface area contributed by atoms with Gasteiger partial charge in [0.2, 0.25) is 0 Å². The van der Waals surface area contributed by atoms with Crippen molar-refractivity contribution in [3.63, 3.8) is 0 Å². The summed E-state index contributed by atoms with van der Waals surface area (Å²) in [6.45, 7) is 0. The fourth-order valence-electron chi connectivity index (χ4n) is 2.42. The summed E-state index contributed by atoms with van der Waals surface area (Å²) in [4.78, 5) is 0. The summed E-state index contributed by atoms with van der Waals surface area (Å²) in [7, 11) is 0. The molecule has 0 fully saturated rings. The Balaban J connectivity index is 0.000000300. The van der Waals surface area contributed by atoms with E-state index in [1.807, 2.05) is 54.6 Å². The van der Waals surface area contributed by atoms with Gasteiger partial charge in [-0.25, -0.2) is 12.1 Å². The van der Waals surface area contributed by atoms with Gasteiger partial charge in [-0.05, 0) is 23.3 Å². The molecule has 0 unspecified atom stereocenters. The topological polar surface area (TPSA) is 26.0 Å². The molecule has 0 saturated heterocycles. The van der Waals surface area contributed by atoms with E-state index in [4.69, 9.17) is 5.73 Å². The van der Waals surface area contributed by atoms with Gasteiger partial charge in [0, 0.05) is 5.69 Å². The van der Waals surface area contributed by atoms with Crippen molar-refractivity contribution in [3.8, 4) is 22.3 Å². The van der Waals surface area contributed by atoms with E-state index in [9.17, 15) is 0 Å². The molecule has 4 aromatic carbocycles. The van der Waals surface area contributed by atoms with Crippen molar-refractivity contribution < 1.29 is 17.1 Å². The number of nitrogens with two attached hydrogens (primary N) is 1. The minimum Gasteiger partial charge on any atom is -0.399 e. The summed E-state index contributed by atoms with van der Waals surface area (Å²) in [5, 5.41) is 0. The van der Waals surface area contributed by atoms with Crippen molar-refractivity contribution in [1.29, 1.82) is 0 Å². The van der Waals surface area contributed by atoms with Crippen molar-refractivity contribution in [2.45, 2.75) is 0 Å². The van der Waals surface area contributed by atoms with Crippen LogP contribution in [-0.4, -0.2) is 0 Å². The van der Waals surface area contributed by atoms with Gasteiger partial charge in [-0.1, -0.05) is 29.8 Å². The molecule has 0 saturated carbocycles. The van der Waals surface area contributed by atoms with Gasteiger partial charge in [-0.15, -0.1) is 29.8 Å². The molecule has 0 radical (unpaired) electrons. The standard InChI is InChI=1S/C17H14N.C5H5.Fe/c18-17-11-9-16(10-12-17)15-7-5-14(6-8-15)13-3-1-2-4-13;1-2-4-5-3-1;/h1-12H,18H2;1-5H;/q2*-1;+2. The molecule has 0 amide bonds. The zero-order valence-corrected chi connectivity index (χ0v) is 14.4. The Bertz CT molecular complexity index is 778. The Morgan fingerprint density at radius 1 is 0.667 bits per heavy atom. The summed E-state index contributed by atoms with van der Waals surface area (Å²) in [6.07, 6.45) is 0. The van der Waals surface area contributed by atoms with E-state index in [0.29, 0.717) is 0 Å². The second kappa shape index (κ2) is 8.93. The Labute approximate surface area is 154 Å². The van der Waals surface area contributed by atoms with Crippen molar-refractivity contribution in [1.82, 2.24) is 0 Å². The van der Waals surface area contributed by atoms with Crippen LogP contribution in [0.1, 0.15) is 0 Å². The van der Waals surface area contributed by atoms with E-state index in [-0.39, 0.29) is 17.1 Å². The van der Waals surface area contributed by atoms with Crippen molar-refractivity contribution in [3.05, 3.63) is 103 Å². The van der Waals surface area contributed by atoms with Gasteiger partial charge >= 0.3 is 17.1 Å². The second-order valence-corrected chi connectivity index (χ2v) is 5.34. The SMILES string of the molecule is Nc1ccc(-c2ccc(-[c-]3cccc3)cc2)cc1.[Fe+2].c1cc[cH-]c1. The Hall–Kier alpha value is -2.54. The van der Waals surface area contributed by atoms with Crippen LogP contribution in [0.25, 0.3) is 22.3 Å². The summed E-state index contributed by atoms with van der Waals surface area (Å²) in [5.74, 6) is 0. The van der Waals surface area contributed by atoms with Crippen LogP contribution in [0.5, 0.6) is 0 Å². The molecule has 24 heavy (non-hydrogen) atoms. The van der Waals surface area contributed by atoms with Crippen LogP contribution in [0.3, 0.4) is 0 Å². The van der Waals surface area contributed by atoms with Crippen molar-refractivity contribution in [2.24, 2.45) is 0 Å². The van der Waals surface area contributed by atoms with Gasteiger partial charge in [0.1, 0.15) is 0 Å². The van der Waals surface area contributed by atoms with Crippen LogP contribution in [0.2, 0.25) is 0 Å². The normalized spacial score (nSPS) is 9.50. The number of rotatable bonds is 2. The zero-order chi connectivity index (χ0) is 15.9. The molecular formula is C22H19FeN. The summed E-state index contributed by atoms with van der Waals surface area (Å²) in [5.41, 5.74) is 11.4. The molecule has 0 atom stereocenters. The van der Waals surface area contributed by atoms with E-state index >= 15 is 0 Å². The molecule has 0 aliphatic heterocycles. The summed E-state index contributed by atoms with van der Waals surface area (Å²) >= 11 is 0. The number of hydrogen-bond acceptors (Lipinski definition) is 1. The summed E-state index contributed by atoms with van der Waals surface area (Å²) in [6, 6.07) is 34.9. The molecular weight excluding hydrogens is 334 g/mol. The molecule has 0 bridgehead atoms. The van der Waals surface area contributed by atoms with E-state index in [0.717, 1.165) is 5.69 Å². The monoisotopic (exact) mass is 353 g/mol. The van der Waals surface area contributed by atoms with Crippen LogP contribution in [0.4, 0.5) is 5.69 Å².